The molecule has 0 unspecified atom stereocenters. The van der Waals surface area contributed by atoms with E-state index in [1.165, 1.54) is 11.1 Å². The molecule has 0 N–H and O–H groups in total. The van der Waals surface area contributed by atoms with Gasteiger partial charge in [0.2, 0.25) is 11.7 Å². The Hall–Kier alpha value is -2.57. The highest BCUT2D eigenvalue weighted by atomic mass is 35.5. The van der Waals surface area contributed by atoms with Crippen molar-refractivity contribution >= 4 is 11.6 Å². The molecule has 0 bridgehead atoms. The summed E-state index contributed by atoms with van der Waals surface area (Å²) in [5, 5.41) is 4.68. The van der Waals surface area contributed by atoms with Crippen molar-refractivity contribution in [3.8, 4) is 22.9 Å². The van der Waals surface area contributed by atoms with Gasteiger partial charge in [-0.05, 0) is 41.8 Å². The molecule has 0 fully saturated rings. The molecular formula is C20H20ClN3O3. The minimum absolute atomic E-state index is 0.513. The average molecular weight is 386 g/mol. The Morgan fingerprint density at radius 2 is 1.85 bits per heavy atom. The first-order valence-electron chi connectivity index (χ1n) is 8.71. The zero-order valence-electron chi connectivity index (χ0n) is 15.2. The Morgan fingerprint density at radius 1 is 1.11 bits per heavy atom. The molecule has 1 aliphatic heterocycles. The third-order valence-electron chi connectivity index (χ3n) is 4.74. The fourth-order valence-electron chi connectivity index (χ4n) is 3.34. The van der Waals surface area contributed by atoms with Gasteiger partial charge in [0.1, 0.15) is 0 Å². The second-order valence-corrected chi connectivity index (χ2v) is 6.84. The number of aromatic nitrogens is 2. The maximum absolute atomic E-state index is 6.22. The highest BCUT2D eigenvalue weighted by molar-refractivity contribution is 6.33. The summed E-state index contributed by atoms with van der Waals surface area (Å²) in [4.78, 5) is 6.78. The van der Waals surface area contributed by atoms with Crippen molar-refractivity contribution in [2.24, 2.45) is 0 Å². The van der Waals surface area contributed by atoms with Crippen LogP contribution in [0.3, 0.4) is 0 Å². The second kappa shape index (κ2) is 7.58. The molecule has 1 aromatic heterocycles. The number of benzene rings is 2. The van der Waals surface area contributed by atoms with Crippen LogP contribution in [0.2, 0.25) is 5.02 Å². The van der Waals surface area contributed by atoms with Crippen molar-refractivity contribution in [2.75, 3.05) is 20.8 Å². The van der Waals surface area contributed by atoms with Gasteiger partial charge in [-0.2, -0.15) is 4.98 Å². The van der Waals surface area contributed by atoms with Crippen LogP contribution in [-0.2, 0) is 19.5 Å². The summed E-state index contributed by atoms with van der Waals surface area (Å²) in [6, 6.07) is 11.6. The van der Waals surface area contributed by atoms with Crippen LogP contribution in [0.4, 0.5) is 0 Å². The van der Waals surface area contributed by atoms with Crippen molar-refractivity contribution in [3.05, 3.63) is 58.4 Å². The van der Waals surface area contributed by atoms with Gasteiger partial charge in [0.05, 0.1) is 25.8 Å². The molecular weight excluding hydrogens is 366 g/mol. The molecule has 0 radical (unpaired) electrons. The Morgan fingerprint density at radius 3 is 2.59 bits per heavy atom. The Labute approximate surface area is 162 Å². The van der Waals surface area contributed by atoms with Gasteiger partial charge in [-0.25, -0.2) is 0 Å². The quantitative estimate of drug-likeness (QED) is 0.662. The molecule has 140 valence electrons. The maximum Gasteiger partial charge on any atom is 0.241 e. The van der Waals surface area contributed by atoms with Crippen LogP contribution in [0.25, 0.3) is 11.4 Å². The summed E-state index contributed by atoms with van der Waals surface area (Å²) < 4.78 is 16.3. The first-order valence-corrected chi connectivity index (χ1v) is 9.09. The number of nitrogens with zero attached hydrogens (tertiary/aromatic N) is 3. The normalized spacial score (nSPS) is 14.0. The summed E-state index contributed by atoms with van der Waals surface area (Å²) in [6.07, 6.45) is 0.932. The van der Waals surface area contributed by atoms with Gasteiger partial charge in [0, 0.05) is 18.7 Å². The van der Waals surface area contributed by atoms with E-state index < -0.39 is 0 Å². The lowest BCUT2D eigenvalue weighted by molar-refractivity contribution is 0.210. The lowest BCUT2D eigenvalue weighted by Gasteiger charge is -2.28. The number of methoxy groups -OCH3 is 2. The third kappa shape index (κ3) is 3.63. The van der Waals surface area contributed by atoms with Gasteiger partial charge in [0.25, 0.3) is 0 Å². The van der Waals surface area contributed by atoms with Crippen molar-refractivity contribution in [1.82, 2.24) is 15.0 Å². The van der Waals surface area contributed by atoms with Crippen LogP contribution in [0.15, 0.2) is 40.9 Å². The van der Waals surface area contributed by atoms with Crippen molar-refractivity contribution in [2.45, 2.75) is 19.5 Å². The number of rotatable bonds is 5. The van der Waals surface area contributed by atoms with E-state index >= 15 is 0 Å². The molecule has 0 atom stereocenters. The third-order valence-corrected chi connectivity index (χ3v) is 5.07. The number of halogens is 1. The Kier molecular flexibility index (Phi) is 5.01. The SMILES string of the molecule is COc1cc2c(cc1OC)CN(Cc1nc(-c3ccccc3Cl)no1)CC2. The predicted molar refractivity (Wildman–Crippen MR) is 102 cm³/mol. The molecule has 3 aromatic rings. The molecule has 7 heteroatoms. The Balaban J connectivity index is 1.50. The molecule has 0 spiro atoms. The van der Waals surface area contributed by atoms with Crippen molar-refractivity contribution in [3.63, 3.8) is 0 Å². The van der Waals surface area contributed by atoms with E-state index in [-0.39, 0.29) is 0 Å². The van der Waals surface area contributed by atoms with E-state index in [4.69, 9.17) is 25.6 Å². The standard InChI is InChI=1S/C20H20ClN3O3/c1-25-17-9-13-7-8-24(11-14(13)10-18(17)26-2)12-19-22-20(23-27-19)15-5-3-4-6-16(15)21/h3-6,9-10H,7-8,11-12H2,1-2H3. The second-order valence-electron chi connectivity index (χ2n) is 6.43. The minimum atomic E-state index is 0.513. The summed E-state index contributed by atoms with van der Waals surface area (Å²) in [6.45, 7) is 2.29. The zero-order valence-corrected chi connectivity index (χ0v) is 16.0. The van der Waals surface area contributed by atoms with Crippen LogP contribution in [0.1, 0.15) is 17.0 Å². The number of hydrogen-bond donors (Lipinski definition) is 0. The van der Waals surface area contributed by atoms with E-state index in [9.17, 15) is 0 Å². The summed E-state index contributed by atoms with van der Waals surface area (Å²) >= 11 is 6.22. The molecule has 2 heterocycles. The number of hydrogen-bond acceptors (Lipinski definition) is 6. The van der Waals surface area contributed by atoms with Crippen LogP contribution < -0.4 is 9.47 Å². The van der Waals surface area contributed by atoms with Crippen LogP contribution in [0, 0.1) is 0 Å². The Bertz CT molecular complexity index is 957. The van der Waals surface area contributed by atoms with Gasteiger partial charge in [-0.3, -0.25) is 4.90 Å². The maximum atomic E-state index is 6.22. The van der Waals surface area contributed by atoms with Gasteiger partial charge in [-0.1, -0.05) is 28.9 Å². The molecule has 0 saturated heterocycles. The first-order chi connectivity index (χ1) is 13.2. The largest absolute Gasteiger partial charge is 0.493 e. The molecule has 0 amide bonds. The molecule has 1 aliphatic rings. The number of ether oxygens (including phenoxy) is 2. The van der Waals surface area contributed by atoms with Gasteiger partial charge in [0.15, 0.2) is 11.5 Å². The monoisotopic (exact) mass is 385 g/mol. The minimum Gasteiger partial charge on any atom is -0.493 e. The summed E-state index contributed by atoms with van der Waals surface area (Å²) in [7, 11) is 3.31. The molecule has 2 aromatic carbocycles. The highest BCUT2D eigenvalue weighted by Gasteiger charge is 2.21. The van der Waals surface area contributed by atoms with Gasteiger partial charge >= 0.3 is 0 Å². The number of fused-ring (bicyclic) bond motifs is 1. The van der Waals surface area contributed by atoms with E-state index in [0.29, 0.717) is 23.3 Å². The fourth-order valence-corrected chi connectivity index (χ4v) is 3.56. The fraction of sp³-hybridized carbons (Fsp3) is 0.300. The zero-order chi connectivity index (χ0) is 18.8. The van der Waals surface area contributed by atoms with Crippen molar-refractivity contribution in [1.29, 1.82) is 0 Å². The van der Waals surface area contributed by atoms with Crippen molar-refractivity contribution < 1.29 is 14.0 Å². The first kappa shape index (κ1) is 17.8. The molecule has 0 saturated carbocycles. The van der Waals surface area contributed by atoms with E-state index in [0.717, 1.165) is 36.6 Å². The topological polar surface area (TPSA) is 60.6 Å². The van der Waals surface area contributed by atoms with E-state index in [1.54, 1.807) is 14.2 Å². The lowest BCUT2D eigenvalue weighted by atomic mass is 9.99. The highest BCUT2D eigenvalue weighted by Crippen LogP contribution is 2.33. The van der Waals surface area contributed by atoms with E-state index in [1.807, 2.05) is 30.3 Å². The molecule has 4 rings (SSSR count). The van der Waals surface area contributed by atoms with Gasteiger partial charge < -0.3 is 14.0 Å². The average Bonchev–Trinajstić information content (AvgIpc) is 3.15. The smallest absolute Gasteiger partial charge is 0.241 e. The van der Waals surface area contributed by atoms with Crippen LogP contribution in [-0.4, -0.2) is 35.8 Å². The van der Waals surface area contributed by atoms with Gasteiger partial charge in [-0.15, -0.1) is 0 Å². The lowest BCUT2D eigenvalue weighted by Crippen LogP contribution is -2.30. The summed E-state index contributed by atoms with van der Waals surface area (Å²) in [5.41, 5.74) is 3.28. The molecule has 0 aliphatic carbocycles. The van der Waals surface area contributed by atoms with E-state index in [2.05, 4.69) is 21.1 Å². The van der Waals surface area contributed by atoms with Crippen LogP contribution in [0.5, 0.6) is 11.5 Å². The molecule has 27 heavy (non-hydrogen) atoms. The molecule has 6 nitrogen and oxygen atoms in total. The summed E-state index contributed by atoms with van der Waals surface area (Å²) in [5.74, 6) is 2.61. The van der Waals surface area contributed by atoms with Crippen LogP contribution >= 0.6 is 11.6 Å². The predicted octanol–water partition coefficient (Wildman–Crippen LogP) is 3.97.